The van der Waals surface area contributed by atoms with Gasteiger partial charge in [-0.05, 0) is 29.8 Å². The summed E-state index contributed by atoms with van der Waals surface area (Å²) in [5, 5.41) is 13.2. The number of thioether (sulfide) groups is 1. The molecule has 5 heteroatoms. The maximum Gasteiger partial charge on any atom is 0.177 e. The molecule has 1 atom stereocenters. The first-order valence-electron chi connectivity index (χ1n) is 7.51. The van der Waals surface area contributed by atoms with Crippen LogP contribution in [0.1, 0.15) is 17.2 Å². The van der Waals surface area contributed by atoms with Crippen LogP contribution < -0.4 is 10.1 Å². The van der Waals surface area contributed by atoms with E-state index in [0.29, 0.717) is 11.4 Å². The van der Waals surface area contributed by atoms with Crippen molar-refractivity contribution in [2.75, 3.05) is 12.4 Å². The summed E-state index contributed by atoms with van der Waals surface area (Å²) >= 11 is 1.52. The Morgan fingerprint density at radius 2 is 1.88 bits per heavy atom. The molecule has 1 unspecified atom stereocenters. The van der Waals surface area contributed by atoms with Crippen molar-refractivity contribution < 1.29 is 9.53 Å². The van der Waals surface area contributed by atoms with Gasteiger partial charge in [-0.2, -0.15) is 5.26 Å². The minimum atomic E-state index is -0.124. The van der Waals surface area contributed by atoms with Crippen LogP contribution in [0.2, 0.25) is 0 Å². The number of nitrogens with one attached hydrogen (secondary N) is 1. The number of carbonyl (C=O) groups is 1. The number of anilines is 1. The van der Waals surface area contributed by atoms with Crippen molar-refractivity contribution in [1.29, 1.82) is 5.26 Å². The molecule has 0 aromatic heterocycles. The summed E-state index contributed by atoms with van der Waals surface area (Å²) in [6.07, 6.45) is 0.339. The fourth-order valence-corrected chi connectivity index (χ4v) is 3.77. The molecule has 0 bridgehead atoms. The fraction of sp³-hybridized carbons (Fsp3) is 0.158. The average Bonchev–Trinajstić information content (AvgIpc) is 2.63. The lowest BCUT2D eigenvalue weighted by Crippen LogP contribution is -2.17. The summed E-state index contributed by atoms with van der Waals surface area (Å²) in [6.45, 7) is 0. The number of hydrogen-bond donors (Lipinski definition) is 1. The van der Waals surface area contributed by atoms with Gasteiger partial charge in [0.1, 0.15) is 17.4 Å². The molecule has 0 spiro atoms. The largest absolute Gasteiger partial charge is 0.497 e. The molecule has 1 aliphatic heterocycles. The third-order valence-electron chi connectivity index (χ3n) is 3.77. The Labute approximate surface area is 145 Å². The number of benzene rings is 2. The van der Waals surface area contributed by atoms with Gasteiger partial charge in [-0.25, -0.2) is 0 Å². The Kier molecular flexibility index (Phi) is 4.88. The smallest absolute Gasteiger partial charge is 0.177 e. The molecule has 24 heavy (non-hydrogen) atoms. The highest BCUT2D eigenvalue weighted by Gasteiger charge is 2.29. The van der Waals surface area contributed by atoms with E-state index < -0.39 is 0 Å². The molecule has 1 aliphatic rings. The summed E-state index contributed by atoms with van der Waals surface area (Å²) in [7, 11) is 1.61. The Balaban J connectivity index is 1.87. The van der Waals surface area contributed by atoms with Gasteiger partial charge in [0.15, 0.2) is 5.78 Å². The Morgan fingerprint density at radius 1 is 1.17 bits per heavy atom. The number of ether oxygens (including phenoxy) is 1. The highest BCUT2D eigenvalue weighted by molar-refractivity contribution is 8.03. The van der Waals surface area contributed by atoms with Crippen LogP contribution in [0.25, 0.3) is 0 Å². The monoisotopic (exact) mass is 336 g/mol. The minimum absolute atomic E-state index is 0.0107. The highest BCUT2D eigenvalue weighted by atomic mass is 32.2. The van der Waals surface area contributed by atoms with Crippen LogP contribution in [0.5, 0.6) is 5.75 Å². The lowest BCUT2D eigenvalue weighted by atomic mass is 10.0. The van der Waals surface area contributed by atoms with Crippen molar-refractivity contribution in [2.45, 2.75) is 11.7 Å². The topological polar surface area (TPSA) is 62.1 Å². The number of hydrogen-bond acceptors (Lipinski definition) is 5. The van der Waals surface area contributed by atoms with Gasteiger partial charge in [0, 0.05) is 17.4 Å². The van der Waals surface area contributed by atoms with Crippen molar-refractivity contribution in [3.05, 3.63) is 70.8 Å². The number of rotatable bonds is 4. The van der Waals surface area contributed by atoms with Gasteiger partial charge < -0.3 is 10.1 Å². The van der Waals surface area contributed by atoms with Crippen LogP contribution in [0.15, 0.2) is 65.2 Å². The molecule has 0 aliphatic carbocycles. The van der Waals surface area contributed by atoms with Gasteiger partial charge in [-0.15, -0.1) is 0 Å². The lowest BCUT2D eigenvalue weighted by molar-refractivity contribution is -0.115. The Hall–Kier alpha value is -2.71. The third-order valence-corrected chi connectivity index (χ3v) is 5.03. The van der Waals surface area contributed by atoms with E-state index in [4.69, 9.17) is 4.74 Å². The van der Waals surface area contributed by atoms with Crippen molar-refractivity contribution in [3.8, 4) is 11.8 Å². The van der Waals surface area contributed by atoms with Gasteiger partial charge in [-0.1, -0.05) is 42.1 Å². The van der Waals surface area contributed by atoms with Crippen molar-refractivity contribution >= 4 is 23.2 Å². The molecule has 2 aromatic rings. The first-order valence-corrected chi connectivity index (χ1v) is 8.39. The van der Waals surface area contributed by atoms with E-state index in [0.717, 1.165) is 17.0 Å². The molecule has 1 heterocycles. The second-order valence-electron chi connectivity index (χ2n) is 5.31. The molecule has 0 saturated carbocycles. The minimum Gasteiger partial charge on any atom is -0.497 e. The standard InChI is InChI=1S/C19H16N2O2S/c1-23-15-9-7-14(8-10-15)21-19-16(12-20)17(22)11-18(24-19)13-5-3-2-4-6-13/h2-10,18,21H,11H2,1H3. The van der Waals surface area contributed by atoms with Gasteiger partial charge in [0.05, 0.1) is 12.1 Å². The van der Waals surface area contributed by atoms with E-state index in [1.807, 2.05) is 60.7 Å². The maximum absolute atomic E-state index is 12.4. The summed E-state index contributed by atoms with van der Waals surface area (Å²) < 4.78 is 5.14. The lowest BCUT2D eigenvalue weighted by Gasteiger charge is -2.24. The molecular weight excluding hydrogens is 320 g/mol. The summed E-state index contributed by atoms with van der Waals surface area (Å²) in [5.74, 6) is 0.630. The first-order chi connectivity index (χ1) is 11.7. The quantitative estimate of drug-likeness (QED) is 0.902. The number of nitrogens with zero attached hydrogens (tertiary/aromatic N) is 1. The second kappa shape index (κ2) is 7.24. The van der Waals surface area contributed by atoms with Crippen LogP contribution in [-0.4, -0.2) is 12.9 Å². The van der Waals surface area contributed by atoms with E-state index in [1.165, 1.54) is 11.8 Å². The van der Waals surface area contributed by atoms with Crippen LogP contribution >= 0.6 is 11.8 Å². The van der Waals surface area contributed by atoms with E-state index in [1.54, 1.807) is 7.11 Å². The average molecular weight is 336 g/mol. The number of allylic oxidation sites excluding steroid dienone is 1. The van der Waals surface area contributed by atoms with Crippen molar-refractivity contribution in [1.82, 2.24) is 0 Å². The first kappa shape index (κ1) is 16.2. The molecule has 120 valence electrons. The van der Waals surface area contributed by atoms with Crippen LogP contribution in [0.4, 0.5) is 5.69 Å². The van der Waals surface area contributed by atoms with Crippen molar-refractivity contribution in [2.24, 2.45) is 0 Å². The van der Waals surface area contributed by atoms with Gasteiger partial charge in [0.2, 0.25) is 0 Å². The van der Waals surface area contributed by atoms with Gasteiger partial charge in [-0.3, -0.25) is 4.79 Å². The van der Waals surface area contributed by atoms with E-state index in [-0.39, 0.29) is 16.6 Å². The third kappa shape index (κ3) is 3.44. The number of nitriles is 1. The fourth-order valence-electron chi connectivity index (χ4n) is 2.50. The zero-order valence-corrected chi connectivity index (χ0v) is 14.0. The molecule has 4 nitrogen and oxygen atoms in total. The van der Waals surface area contributed by atoms with E-state index in [2.05, 4.69) is 5.32 Å². The van der Waals surface area contributed by atoms with E-state index in [9.17, 15) is 10.1 Å². The second-order valence-corrected chi connectivity index (χ2v) is 6.53. The van der Waals surface area contributed by atoms with Crippen LogP contribution in [0, 0.1) is 11.3 Å². The SMILES string of the molecule is COc1ccc(NC2=C(C#N)C(=O)CC(c3ccccc3)S2)cc1. The normalized spacial score (nSPS) is 17.3. The zero-order chi connectivity index (χ0) is 16.9. The number of Topliss-reactive ketones (excluding diaryl/α,β-unsaturated/α-hetero) is 1. The zero-order valence-electron chi connectivity index (χ0n) is 13.2. The van der Waals surface area contributed by atoms with Gasteiger partial charge in [0.25, 0.3) is 0 Å². The van der Waals surface area contributed by atoms with Crippen molar-refractivity contribution in [3.63, 3.8) is 0 Å². The highest BCUT2D eigenvalue weighted by Crippen LogP contribution is 2.43. The molecule has 3 rings (SSSR count). The summed E-state index contributed by atoms with van der Waals surface area (Å²) in [5.41, 5.74) is 2.09. The molecule has 0 fully saturated rings. The summed E-state index contributed by atoms with van der Waals surface area (Å²) in [4.78, 5) is 12.4. The van der Waals surface area contributed by atoms with E-state index >= 15 is 0 Å². The Bertz CT molecular complexity index is 808. The molecular formula is C19H16N2O2S. The number of carbonyl (C=O) groups excluding carboxylic acids is 1. The molecule has 1 N–H and O–H groups in total. The number of methoxy groups -OCH3 is 1. The molecule has 2 aromatic carbocycles. The maximum atomic E-state index is 12.4. The predicted molar refractivity (Wildman–Crippen MR) is 95.7 cm³/mol. The predicted octanol–water partition coefficient (Wildman–Crippen LogP) is 4.29. The van der Waals surface area contributed by atoms with Gasteiger partial charge >= 0.3 is 0 Å². The van der Waals surface area contributed by atoms with Crippen LogP contribution in [-0.2, 0) is 4.79 Å². The molecule has 0 radical (unpaired) electrons. The molecule has 0 amide bonds. The van der Waals surface area contributed by atoms with Crippen LogP contribution in [0.3, 0.4) is 0 Å². The Morgan fingerprint density at radius 3 is 2.50 bits per heavy atom. The summed E-state index contributed by atoms with van der Waals surface area (Å²) in [6, 6.07) is 19.3. The number of ketones is 1. The molecule has 0 saturated heterocycles.